The highest BCUT2D eigenvalue weighted by molar-refractivity contribution is 6.30. The van der Waals surface area contributed by atoms with Gasteiger partial charge in [-0.25, -0.2) is 0 Å². The molecule has 2 aromatic rings. The molecule has 1 heterocycles. The smallest absolute Gasteiger partial charge is 0.192 e. The van der Waals surface area contributed by atoms with E-state index in [4.69, 9.17) is 21.1 Å². The summed E-state index contributed by atoms with van der Waals surface area (Å²) >= 11 is 5.91. The molecule has 3 heteroatoms. The van der Waals surface area contributed by atoms with Gasteiger partial charge in [0.1, 0.15) is 6.10 Å². The summed E-state index contributed by atoms with van der Waals surface area (Å²) < 4.78 is 12.0. The number of hydrogen-bond acceptors (Lipinski definition) is 2. The van der Waals surface area contributed by atoms with Gasteiger partial charge in [0.25, 0.3) is 0 Å². The van der Waals surface area contributed by atoms with Gasteiger partial charge in [-0.15, -0.1) is 0 Å². The van der Waals surface area contributed by atoms with E-state index in [9.17, 15) is 0 Å². The van der Waals surface area contributed by atoms with E-state index in [0.717, 1.165) is 11.1 Å². The number of rotatable bonds is 2. The van der Waals surface area contributed by atoms with Crippen molar-refractivity contribution in [3.63, 3.8) is 0 Å². The van der Waals surface area contributed by atoms with Crippen LogP contribution in [-0.4, -0.2) is 6.61 Å². The summed E-state index contributed by atoms with van der Waals surface area (Å²) in [6, 6.07) is 17.7. The Labute approximate surface area is 117 Å². The maximum atomic E-state index is 6.10. The quantitative estimate of drug-likeness (QED) is 0.813. The van der Waals surface area contributed by atoms with Crippen molar-refractivity contribution in [1.29, 1.82) is 0 Å². The molecular formula is C16H15ClO2. The minimum Gasteiger partial charge on any atom is -0.343 e. The lowest BCUT2D eigenvalue weighted by Gasteiger charge is -2.24. The molecule has 2 atom stereocenters. The standard InChI is InChI=1S/C16H15ClO2/c1-16(13-7-9-14(17)10-8-13)18-11-15(19-16)12-5-3-2-4-6-12/h2-10,15H,11H2,1H3/t15-,16-/m1/s1. The van der Waals surface area contributed by atoms with E-state index in [0.29, 0.717) is 11.6 Å². The van der Waals surface area contributed by atoms with Crippen LogP contribution in [-0.2, 0) is 15.3 Å². The third kappa shape index (κ3) is 2.52. The molecule has 1 saturated heterocycles. The summed E-state index contributed by atoms with van der Waals surface area (Å²) in [5.74, 6) is -0.703. The molecule has 3 rings (SSSR count). The molecule has 0 aromatic heterocycles. The second kappa shape index (κ2) is 4.97. The third-order valence-electron chi connectivity index (χ3n) is 3.42. The normalized spacial score (nSPS) is 26.5. The second-order valence-electron chi connectivity index (χ2n) is 4.78. The number of benzene rings is 2. The minimum absolute atomic E-state index is 0.0260. The fourth-order valence-corrected chi connectivity index (χ4v) is 2.44. The highest BCUT2D eigenvalue weighted by Crippen LogP contribution is 2.40. The van der Waals surface area contributed by atoms with Gasteiger partial charge in [0.2, 0.25) is 0 Å². The van der Waals surface area contributed by atoms with Crippen LogP contribution in [0.1, 0.15) is 24.2 Å². The van der Waals surface area contributed by atoms with Crippen LogP contribution in [0.15, 0.2) is 54.6 Å². The Morgan fingerprint density at radius 3 is 2.42 bits per heavy atom. The van der Waals surface area contributed by atoms with Crippen molar-refractivity contribution in [2.24, 2.45) is 0 Å². The van der Waals surface area contributed by atoms with E-state index < -0.39 is 5.79 Å². The van der Waals surface area contributed by atoms with Crippen LogP contribution in [0.3, 0.4) is 0 Å². The van der Waals surface area contributed by atoms with Crippen LogP contribution in [0.25, 0.3) is 0 Å². The minimum atomic E-state index is -0.703. The Hall–Kier alpha value is -1.35. The van der Waals surface area contributed by atoms with E-state index in [1.54, 1.807) is 0 Å². The van der Waals surface area contributed by atoms with Gasteiger partial charge in [-0.3, -0.25) is 0 Å². The molecular weight excluding hydrogens is 260 g/mol. The monoisotopic (exact) mass is 274 g/mol. The molecule has 0 saturated carbocycles. The molecule has 0 radical (unpaired) electrons. The van der Waals surface area contributed by atoms with Gasteiger partial charge < -0.3 is 9.47 Å². The van der Waals surface area contributed by atoms with E-state index in [-0.39, 0.29) is 6.10 Å². The number of ether oxygens (including phenoxy) is 2. The molecule has 19 heavy (non-hydrogen) atoms. The zero-order chi connectivity index (χ0) is 13.3. The molecule has 2 nitrogen and oxygen atoms in total. The fourth-order valence-electron chi connectivity index (χ4n) is 2.31. The molecule has 0 amide bonds. The van der Waals surface area contributed by atoms with E-state index in [2.05, 4.69) is 12.1 Å². The molecule has 1 aliphatic rings. The van der Waals surface area contributed by atoms with Gasteiger partial charge in [-0.2, -0.15) is 0 Å². The average molecular weight is 275 g/mol. The number of hydrogen-bond donors (Lipinski definition) is 0. The number of halogens is 1. The fraction of sp³-hybridized carbons (Fsp3) is 0.250. The van der Waals surface area contributed by atoms with Gasteiger partial charge in [0.05, 0.1) is 6.61 Å². The van der Waals surface area contributed by atoms with Crippen molar-refractivity contribution in [2.45, 2.75) is 18.8 Å². The van der Waals surface area contributed by atoms with Crippen LogP contribution in [0, 0.1) is 0 Å². The SMILES string of the molecule is C[C@@]1(c2ccc(Cl)cc2)OC[C@H](c2ccccc2)O1. The van der Waals surface area contributed by atoms with E-state index >= 15 is 0 Å². The largest absolute Gasteiger partial charge is 0.343 e. The lowest BCUT2D eigenvalue weighted by atomic mass is 10.1. The van der Waals surface area contributed by atoms with Crippen LogP contribution in [0.5, 0.6) is 0 Å². The molecule has 0 spiro atoms. The summed E-state index contributed by atoms with van der Waals surface area (Å²) in [6.07, 6.45) is -0.0260. The van der Waals surface area contributed by atoms with Crippen LogP contribution in [0.2, 0.25) is 5.02 Å². The van der Waals surface area contributed by atoms with Gasteiger partial charge in [0, 0.05) is 10.6 Å². The van der Waals surface area contributed by atoms with Crippen molar-refractivity contribution >= 4 is 11.6 Å². The highest BCUT2D eigenvalue weighted by atomic mass is 35.5. The van der Waals surface area contributed by atoms with Crippen molar-refractivity contribution in [3.8, 4) is 0 Å². The van der Waals surface area contributed by atoms with Crippen molar-refractivity contribution in [3.05, 3.63) is 70.7 Å². The van der Waals surface area contributed by atoms with Crippen LogP contribution >= 0.6 is 11.6 Å². The van der Waals surface area contributed by atoms with Gasteiger partial charge in [-0.1, -0.05) is 54.1 Å². The molecule has 0 unspecified atom stereocenters. The zero-order valence-electron chi connectivity index (χ0n) is 10.7. The Morgan fingerprint density at radius 1 is 1.05 bits per heavy atom. The van der Waals surface area contributed by atoms with Gasteiger partial charge in [0.15, 0.2) is 5.79 Å². The first-order valence-corrected chi connectivity index (χ1v) is 6.68. The molecule has 0 aliphatic carbocycles. The molecule has 0 N–H and O–H groups in total. The Balaban J connectivity index is 1.83. The third-order valence-corrected chi connectivity index (χ3v) is 3.67. The Kier molecular flexibility index (Phi) is 3.31. The summed E-state index contributed by atoms with van der Waals surface area (Å²) in [5.41, 5.74) is 2.12. The van der Waals surface area contributed by atoms with Gasteiger partial charge in [-0.05, 0) is 24.6 Å². The van der Waals surface area contributed by atoms with E-state index in [1.807, 2.05) is 49.4 Å². The predicted octanol–water partition coefficient (Wildman–Crippen LogP) is 4.30. The topological polar surface area (TPSA) is 18.5 Å². The lowest BCUT2D eigenvalue weighted by molar-refractivity contribution is -0.162. The molecule has 98 valence electrons. The summed E-state index contributed by atoms with van der Waals surface area (Å²) in [4.78, 5) is 0. The molecule has 2 aromatic carbocycles. The Bertz CT molecular complexity index is 553. The van der Waals surface area contributed by atoms with Crippen molar-refractivity contribution in [1.82, 2.24) is 0 Å². The van der Waals surface area contributed by atoms with Gasteiger partial charge >= 0.3 is 0 Å². The second-order valence-corrected chi connectivity index (χ2v) is 5.22. The maximum Gasteiger partial charge on any atom is 0.192 e. The summed E-state index contributed by atoms with van der Waals surface area (Å²) in [6.45, 7) is 2.50. The van der Waals surface area contributed by atoms with Crippen molar-refractivity contribution < 1.29 is 9.47 Å². The maximum absolute atomic E-state index is 6.10. The van der Waals surface area contributed by atoms with Crippen molar-refractivity contribution in [2.75, 3.05) is 6.61 Å². The first-order valence-electron chi connectivity index (χ1n) is 6.30. The highest BCUT2D eigenvalue weighted by Gasteiger charge is 2.39. The first kappa shape index (κ1) is 12.7. The summed E-state index contributed by atoms with van der Waals surface area (Å²) in [7, 11) is 0. The first-order chi connectivity index (χ1) is 9.17. The molecule has 1 fully saturated rings. The van der Waals surface area contributed by atoms with Crippen LogP contribution in [0.4, 0.5) is 0 Å². The average Bonchev–Trinajstić information content (AvgIpc) is 2.84. The predicted molar refractivity (Wildman–Crippen MR) is 75.0 cm³/mol. The Morgan fingerprint density at radius 2 is 1.74 bits per heavy atom. The van der Waals surface area contributed by atoms with E-state index in [1.165, 1.54) is 0 Å². The van der Waals surface area contributed by atoms with Crippen LogP contribution < -0.4 is 0 Å². The molecule has 1 aliphatic heterocycles. The molecule has 0 bridgehead atoms. The summed E-state index contributed by atoms with van der Waals surface area (Å²) in [5, 5.41) is 0.713. The lowest BCUT2D eigenvalue weighted by Crippen LogP contribution is -2.22. The zero-order valence-corrected chi connectivity index (χ0v) is 11.4.